The van der Waals surface area contributed by atoms with Crippen LogP contribution in [0.15, 0.2) is 41.7 Å². The van der Waals surface area contributed by atoms with Gasteiger partial charge in [0.2, 0.25) is 9.84 Å². The number of aromatic nitrogens is 3. The fraction of sp³-hybridized carbons (Fsp3) is 0.250. The first-order valence-corrected chi connectivity index (χ1v) is 7.42. The van der Waals surface area contributed by atoms with Gasteiger partial charge in [0.05, 0.1) is 11.9 Å². The minimum absolute atomic E-state index is 0.256. The monoisotopic (exact) mass is 265 g/mol. The van der Waals surface area contributed by atoms with Crippen molar-refractivity contribution in [1.82, 2.24) is 15.2 Å². The maximum Gasteiger partial charge on any atom is 0.267 e. The van der Waals surface area contributed by atoms with E-state index in [4.69, 9.17) is 0 Å². The minimum Gasteiger partial charge on any atom is -0.221 e. The zero-order valence-electron chi connectivity index (χ0n) is 10.5. The number of rotatable bonds is 2. The van der Waals surface area contributed by atoms with E-state index in [-0.39, 0.29) is 5.16 Å². The van der Waals surface area contributed by atoms with Gasteiger partial charge in [-0.15, -0.1) is 5.10 Å². The third-order valence-electron chi connectivity index (χ3n) is 1.94. The van der Waals surface area contributed by atoms with E-state index in [2.05, 4.69) is 15.2 Å². The lowest BCUT2D eigenvalue weighted by Gasteiger charge is -2.00. The van der Waals surface area contributed by atoms with E-state index in [1.165, 1.54) is 6.20 Å². The first-order valence-electron chi connectivity index (χ1n) is 5.52. The van der Waals surface area contributed by atoms with Gasteiger partial charge in [0.25, 0.3) is 5.16 Å². The Morgan fingerprint density at radius 3 is 2.22 bits per heavy atom. The highest BCUT2D eigenvalue weighted by Crippen LogP contribution is 2.15. The summed E-state index contributed by atoms with van der Waals surface area (Å²) in [5, 5.41) is 6.87. The van der Waals surface area contributed by atoms with Gasteiger partial charge in [-0.3, -0.25) is 0 Å². The second-order valence-corrected chi connectivity index (χ2v) is 5.17. The maximum absolute atomic E-state index is 11.3. The van der Waals surface area contributed by atoms with E-state index in [0.717, 1.165) is 11.8 Å². The first kappa shape index (κ1) is 14.2. The third kappa shape index (κ3) is 3.59. The molecule has 18 heavy (non-hydrogen) atoms. The van der Waals surface area contributed by atoms with Gasteiger partial charge in [0, 0.05) is 11.8 Å². The molecule has 0 aliphatic rings. The van der Waals surface area contributed by atoms with Crippen molar-refractivity contribution in [2.45, 2.75) is 19.0 Å². The Balaban J connectivity index is 0.000000771. The van der Waals surface area contributed by atoms with Crippen LogP contribution in [0.4, 0.5) is 0 Å². The Labute approximate surface area is 107 Å². The van der Waals surface area contributed by atoms with Gasteiger partial charge in [0.1, 0.15) is 0 Å². The predicted molar refractivity (Wildman–Crippen MR) is 69.7 cm³/mol. The normalized spacial score (nSPS) is 10.4. The van der Waals surface area contributed by atoms with Crippen molar-refractivity contribution in [2.24, 2.45) is 0 Å². The van der Waals surface area contributed by atoms with Crippen LogP contribution in [0.2, 0.25) is 0 Å². The van der Waals surface area contributed by atoms with E-state index in [1.54, 1.807) is 0 Å². The highest BCUT2D eigenvalue weighted by atomic mass is 32.2. The van der Waals surface area contributed by atoms with Crippen LogP contribution >= 0.6 is 0 Å². The summed E-state index contributed by atoms with van der Waals surface area (Å²) in [6.45, 7) is 4.00. The molecule has 0 saturated heterocycles. The summed E-state index contributed by atoms with van der Waals surface area (Å²) in [6.07, 6.45) is 2.49. The van der Waals surface area contributed by atoms with Crippen molar-refractivity contribution in [1.29, 1.82) is 0 Å². The second kappa shape index (κ2) is 6.20. The van der Waals surface area contributed by atoms with E-state index >= 15 is 0 Å². The van der Waals surface area contributed by atoms with Crippen molar-refractivity contribution < 1.29 is 8.42 Å². The fourth-order valence-electron chi connectivity index (χ4n) is 1.19. The van der Waals surface area contributed by atoms with Crippen LogP contribution in [0.25, 0.3) is 11.3 Å². The summed E-state index contributed by atoms with van der Waals surface area (Å²) in [7, 11) is -3.42. The molecule has 1 aromatic carbocycles. The van der Waals surface area contributed by atoms with Crippen LogP contribution in [-0.4, -0.2) is 29.9 Å². The van der Waals surface area contributed by atoms with Crippen molar-refractivity contribution in [3.8, 4) is 11.3 Å². The van der Waals surface area contributed by atoms with E-state index in [0.29, 0.717) is 5.69 Å². The summed E-state index contributed by atoms with van der Waals surface area (Å²) in [4.78, 5) is 3.95. The Morgan fingerprint density at radius 1 is 1.06 bits per heavy atom. The molecule has 0 radical (unpaired) electrons. The molecule has 1 heterocycles. The number of hydrogen-bond donors (Lipinski definition) is 0. The quantitative estimate of drug-likeness (QED) is 0.830. The molecule has 0 saturated carbocycles. The Morgan fingerprint density at radius 2 is 1.67 bits per heavy atom. The average Bonchev–Trinajstić information content (AvgIpc) is 2.41. The molecule has 1 aromatic heterocycles. The van der Waals surface area contributed by atoms with E-state index in [1.807, 2.05) is 44.2 Å². The van der Waals surface area contributed by atoms with Gasteiger partial charge in [-0.2, -0.15) is 5.10 Å². The molecular weight excluding hydrogens is 250 g/mol. The number of hydrogen-bond acceptors (Lipinski definition) is 5. The molecule has 96 valence electrons. The Hall–Kier alpha value is -1.82. The lowest BCUT2D eigenvalue weighted by atomic mass is 10.2. The molecule has 5 nitrogen and oxygen atoms in total. The highest BCUT2D eigenvalue weighted by Gasteiger charge is 2.12. The van der Waals surface area contributed by atoms with Crippen LogP contribution in [0.3, 0.4) is 0 Å². The van der Waals surface area contributed by atoms with Crippen LogP contribution < -0.4 is 0 Å². The third-order valence-corrected chi connectivity index (χ3v) is 2.78. The predicted octanol–water partition coefficient (Wildman–Crippen LogP) is 1.97. The molecule has 0 unspecified atom stereocenters. The summed E-state index contributed by atoms with van der Waals surface area (Å²) in [5.41, 5.74) is 1.30. The Kier molecular flexibility index (Phi) is 4.91. The summed E-state index contributed by atoms with van der Waals surface area (Å²) in [5.74, 6) is 0. The van der Waals surface area contributed by atoms with Crippen molar-refractivity contribution in [2.75, 3.05) is 6.26 Å². The summed E-state index contributed by atoms with van der Waals surface area (Å²) >= 11 is 0. The van der Waals surface area contributed by atoms with Crippen molar-refractivity contribution >= 4 is 9.84 Å². The zero-order valence-corrected chi connectivity index (χ0v) is 11.3. The Bertz CT molecular complexity index is 598. The molecule has 0 bridgehead atoms. The van der Waals surface area contributed by atoms with Gasteiger partial charge in [-0.05, 0) is 0 Å². The van der Waals surface area contributed by atoms with Crippen LogP contribution in [0.5, 0.6) is 0 Å². The molecule has 0 spiro atoms. The molecule has 0 amide bonds. The summed E-state index contributed by atoms with van der Waals surface area (Å²) in [6, 6.07) is 9.22. The SMILES string of the molecule is CC.CS(=O)(=O)c1nncc(-c2ccccc2)n1. The molecule has 6 heteroatoms. The van der Waals surface area contributed by atoms with Gasteiger partial charge < -0.3 is 0 Å². The molecule has 0 aliphatic carbocycles. The minimum atomic E-state index is -3.42. The van der Waals surface area contributed by atoms with E-state index in [9.17, 15) is 8.42 Å². The topological polar surface area (TPSA) is 72.8 Å². The average molecular weight is 265 g/mol. The van der Waals surface area contributed by atoms with E-state index < -0.39 is 9.84 Å². The van der Waals surface area contributed by atoms with Gasteiger partial charge in [-0.25, -0.2) is 13.4 Å². The molecule has 0 N–H and O–H groups in total. The smallest absolute Gasteiger partial charge is 0.221 e. The first-order chi connectivity index (χ1) is 8.57. The lowest BCUT2D eigenvalue weighted by molar-refractivity contribution is 0.589. The highest BCUT2D eigenvalue weighted by molar-refractivity contribution is 7.90. The number of sulfone groups is 1. The summed E-state index contributed by atoms with van der Waals surface area (Å²) < 4.78 is 22.5. The molecule has 0 atom stereocenters. The van der Waals surface area contributed by atoms with Crippen LogP contribution in [0, 0.1) is 0 Å². The molecule has 0 fully saturated rings. The molecule has 2 rings (SSSR count). The second-order valence-electron chi connectivity index (χ2n) is 3.26. The standard InChI is InChI=1S/C10H9N3O2S.C2H6/c1-16(14,15)10-12-9(7-11-13-10)8-5-3-2-4-6-8;1-2/h2-7H,1H3;1-2H3. The molecule has 0 aliphatic heterocycles. The van der Waals surface area contributed by atoms with Crippen molar-refractivity contribution in [3.63, 3.8) is 0 Å². The maximum atomic E-state index is 11.3. The molecular formula is C12H15N3O2S. The molecule has 2 aromatic rings. The van der Waals surface area contributed by atoms with Gasteiger partial charge in [0.15, 0.2) is 0 Å². The van der Waals surface area contributed by atoms with Gasteiger partial charge in [-0.1, -0.05) is 44.2 Å². The lowest BCUT2D eigenvalue weighted by Crippen LogP contribution is -2.06. The van der Waals surface area contributed by atoms with Crippen LogP contribution in [0.1, 0.15) is 13.8 Å². The van der Waals surface area contributed by atoms with Gasteiger partial charge >= 0.3 is 0 Å². The largest absolute Gasteiger partial charge is 0.267 e. The fourth-order valence-corrected chi connectivity index (χ4v) is 1.65. The number of nitrogens with zero attached hydrogens (tertiary/aromatic N) is 3. The van der Waals surface area contributed by atoms with Crippen molar-refractivity contribution in [3.05, 3.63) is 36.5 Å². The number of benzene rings is 1. The van der Waals surface area contributed by atoms with Crippen LogP contribution in [-0.2, 0) is 9.84 Å². The zero-order chi connectivity index (χ0) is 13.6.